The number of carbonyl (C=O) groups excluding carboxylic acids is 1. The maximum atomic E-state index is 12.2. The molecule has 2 aromatic rings. The molecule has 0 heterocycles. The summed E-state index contributed by atoms with van der Waals surface area (Å²) in [6.45, 7) is 3.45. The predicted octanol–water partition coefficient (Wildman–Crippen LogP) is 3.75. The Bertz CT molecular complexity index is 745. The zero-order valence-electron chi connectivity index (χ0n) is 12.7. The summed E-state index contributed by atoms with van der Waals surface area (Å²) in [5, 5.41) is 12.2. The lowest BCUT2D eigenvalue weighted by molar-refractivity contribution is -0.122. The number of ether oxygens (including phenoxy) is 1. The zero-order chi connectivity index (χ0) is 17.0. The van der Waals surface area contributed by atoms with Gasteiger partial charge in [-0.2, -0.15) is 0 Å². The molecule has 0 aromatic heterocycles. The van der Waals surface area contributed by atoms with E-state index in [9.17, 15) is 9.59 Å². The number of carbonyl (C=O) groups is 2. The lowest BCUT2D eigenvalue weighted by Crippen LogP contribution is -2.30. The molecule has 2 N–H and O–H groups in total. The first-order valence-electron chi connectivity index (χ1n) is 6.94. The van der Waals surface area contributed by atoms with Gasteiger partial charge in [0.1, 0.15) is 5.75 Å². The summed E-state index contributed by atoms with van der Waals surface area (Å²) in [6, 6.07) is 11.2. The highest BCUT2D eigenvalue weighted by Crippen LogP contribution is 2.23. The molecule has 0 aliphatic heterocycles. The van der Waals surface area contributed by atoms with Crippen molar-refractivity contribution in [1.29, 1.82) is 0 Å². The van der Waals surface area contributed by atoms with E-state index in [0.29, 0.717) is 16.5 Å². The van der Waals surface area contributed by atoms with Crippen molar-refractivity contribution in [2.24, 2.45) is 0 Å². The SMILES string of the molecule is Cc1cc(Cl)ccc1O[C@@H](C)C(=O)Nc1cccc(C(=O)O)c1. The summed E-state index contributed by atoms with van der Waals surface area (Å²) >= 11 is 5.88. The number of anilines is 1. The van der Waals surface area contributed by atoms with Crippen LogP contribution in [0.15, 0.2) is 42.5 Å². The minimum Gasteiger partial charge on any atom is -0.481 e. The first-order chi connectivity index (χ1) is 10.9. The molecule has 5 nitrogen and oxygen atoms in total. The van der Waals surface area contributed by atoms with Gasteiger partial charge in [0.15, 0.2) is 6.10 Å². The number of halogens is 1. The van der Waals surface area contributed by atoms with Crippen LogP contribution in [0, 0.1) is 6.92 Å². The minimum atomic E-state index is -1.05. The van der Waals surface area contributed by atoms with E-state index in [1.165, 1.54) is 12.1 Å². The fraction of sp³-hybridized carbons (Fsp3) is 0.176. The molecule has 0 aliphatic rings. The van der Waals surface area contributed by atoms with Crippen LogP contribution in [0.2, 0.25) is 5.02 Å². The molecule has 0 aliphatic carbocycles. The quantitative estimate of drug-likeness (QED) is 0.873. The van der Waals surface area contributed by atoms with E-state index >= 15 is 0 Å². The Labute approximate surface area is 138 Å². The molecule has 120 valence electrons. The highest BCUT2D eigenvalue weighted by Gasteiger charge is 2.16. The molecule has 0 radical (unpaired) electrons. The third-order valence-corrected chi connectivity index (χ3v) is 3.42. The van der Waals surface area contributed by atoms with Gasteiger partial charge in [0, 0.05) is 10.7 Å². The van der Waals surface area contributed by atoms with Crippen LogP contribution in [-0.2, 0) is 4.79 Å². The van der Waals surface area contributed by atoms with E-state index in [1.54, 1.807) is 37.3 Å². The van der Waals surface area contributed by atoms with E-state index in [4.69, 9.17) is 21.4 Å². The Morgan fingerprint density at radius 2 is 1.96 bits per heavy atom. The number of aromatic carboxylic acids is 1. The van der Waals surface area contributed by atoms with Crippen molar-refractivity contribution in [1.82, 2.24) is 0 Å². The van der Waals surface area contributed by atoms with E-state index in [0.717, 1.165) is 5.56 Å². The Balaban J connectivity index is 2.05. The van der Waals surface area contributed by atoms with Crippen molar-refractivity contribution in [3.8, 4) is 5.75 Å². The van der Waals surface area contributed by atoms with Crippen molar-refractivity contribution < 1.29 is 19.4 Å². The summed E-state index contributed by atoms with van der Waals surface area (Å²) in [4.78, 5) is 23.1. The smallest absolute Gasteiger partial charge is 0.335 e. The molecular weight excluding hydrogens is 318 g/mol. The molecule has 6 heteroatoms. The summed E-state index contributed by atoms with van der Waals surface area (Å²) in [7, 11) is 0. The number of nitrogens with one attached hydrogen (secondary N) is 1. The predicted molar refractivity (Wildman–Crippen MR) is 88.3 cm³/mol. The monoisotopic (exact) mass is 333 g/mol. The lowest BCUT2D eigenvalue weighted by atomic mass is 10.2. The van der Waals surface area contributed by atoms with Crippen molar-refractivity contribution in [2.45, 2.75) is 20.0 Å². The molecule has 2 aromatic carbocycles. The normalized spacial score (nSPS) is 11.6. The van der Waals surface area contributed by atoms with Crippen LogP contribution in [0.5, 0.6) is 5.75 Å². The second-order valence-corrected chi connectivity index (χ2v) is 5.48. The molecule has 23 heavy (non-hydrogen) atoms. The number of amides is 1. The summed E-state index contributed by atoms with van der Waals surface area (Å²) in [6.07, 6.45) is -0.747. The van der Waals surface area contributed by atoms with Gasteiger partial charge in [0.2, 0.25) is 0 Å². The van der Waals surface area contributed by atoms with Crippen molar-refractivity contribution in [2.75, 3.05) is 5.32 Å². The molecule has 0 unspecified atom stereocenters. The van der Waals surface area contributed by atoms with Gasteiger partial charge in [-0.15, -0.1) is 0 Å². The first kappa shape index (κ1) is 16.8. The number of hydrogen-bond acceptors (Lipinski definition) is 3. The molecular formula is C17H16ClNO4. The van der Waals surface area contributed by atoms with Gasteiger partial charge in [-0.1, -0.05) is 17.7 Å². The Morgan fingerprint density at radius 1 is 1.22 bits per heavy atom. The first-order valence-corrected chi connectivity index (χ1v) is 7.31. The van der Waals surface area contributed by atoms with Crippen LogP contribution >= 0.6 is 11.6 Å². The third kappa shape index (κ3) is 4.47. The van der Waals surface area contributed by atoms with Crippen LogP contribution in [-0.4, -0.2) is 23.1 Å². The Morgan fingerprint density at radius 3 is 2.61 bits per heavy atom. The molecule has 2 rings (SSSR count). The van der Waals surface area contributed by atoms with Crippen molar-refractivity contribution in [3.63, 3.8) is 0 Å². The van der Waals surface area contributed by atoms with Crippen LogP contribution in [0.25, 0.3) is 0 Å². The van der Waals surface area contributed by atoms with Crippen LogP contribution in [0.1, 0.15) is 22.8 Å². The largest absolute Gasteiger partial charge is 0.481 e. The molecule has 1 atom stereocenters. The second kappa shape index (κ2) is 7.15. The third-order valence-electron chi connectivity index (χ3n) is 3.19. The van der Waals surface area contributed by atoms with Gasteiger partial charge >= 0.3 is 5.97 Å². The van der Waals surface area contributed by atoms with Crippen LogP contribution < -0.4 is 10.1 Å². The highest BCUT2D eigenvalue weighted by molar-refractivity contribution is 6.30. The van der Waals surface area contributed by atoms with Crippen molar-refractivity contribution >= 4 is 29.2 Å². The van der Waals surface area contributed by atoms with Gasteiger partial charge in [-0.3, -0.25) is 4.79 Å². The molecule has 0 saturated heterocycles. The topological polar surface area (TPSA) is 75.6 Å². The molecule has 1 amide bonds. The van der Waals surface area contributed by atoms with Gasteiger partial charge in [-0.25, -0.2) is 4.79 Å². The number of hydrogen-bond donors (Lipinski definition) is 2. The van der Waals surface area contributed by atoms with Gasteiger partial charge < -0.3 is 15.2 Å². The van der Waals surface area contributed by atoms with Crippen LogP contribution in [0.3, 0.4) is 0 Å². The molecule has 0 saturated carbocycles. The van der Waals surface area contributed by atoms with E-state index < -0.39 is 12.1 Å². The molecule has 0 bridgehead atoms. The van der Waals surface area contributed by atoms with E-state index in [2.05, 4.69) is 5.32 Å². The summed E-state index contributed by atoms with van der Waals surface area (Å²) in [5.74, 6) is -0.861. The van der Waals surface area contributed by atoms with Crippen molar-refractivity contribution in [3.05, 3.63) is 58.6 Å². The van der Waals surface area contributed by atoms with Gasteiger partial charge in [-0.05, 0) is 55.8 Å². The number of carboxylic acid groups (broad SMARTS) is 1. The Kier molecular flexibility index (Phi) is 5.24. The number of carboxylic acids is 1. The summed E-state index contributed by atoms with van der Waals surface area (Å²) in [5.41, 5.74) is 1.33. The van der Waals surface area contributed by atoms with Gasteiger partial charge in [0.25, 0.3) is 5.91 Å². The maximum absolute atomic E-state index is 12.2. The van der Waals surface area contributed by atoms with E-state index in [1.807, 2.05) is 6.92 Å². The number of benzene rings is 2. The highest BCUT2D eigenvalue weighted by atomic mass is 35.5. The number of aryl methyl sites for hydroxylation is 1. The standard InChI is InChI=1S/C17H16ClNO4/c1-10-8-13(18)6-7-15(10)23-11(2)16(20)19-14-5-3-4-12(9-14)17(21)22/h3-9,11H,1-2H3,(H,19,20)(H,21,22)/t11-/m0/s1. The average Bonchev–Trinajstić information content (AvgIpc) is 2.50. The zero-order valence-corrected chi connectivity index (χ0v) is 13.4. The fourth-order valence-corrected chi connectivity index (χ4v) is 2.19. The minimum absolute atomic E-state index is 0.102. The maximum Gasteiger partial charge on any atom is 0.335 e. The average molecular weight is 334 g/mol. The Hall–Kier alpha value is -2.53. The molecule has 0 spiro atoms. The fourth-order valence-electron chi connectivity index (χ4n) is 1.96. The van der Waals surface area contributed by atoms with E-state index in [-0.39, 0.29) is 11.5 Å². The lowest BCUT2D eigenvalue weighted by Gasteiger charge is -2.16. The number of rotatable bonds is 5. The summed E-state index contributed by atoms with van der Waals surface area (Å²) < 4.78 is 5.62. The van der Waals surface area contributed by atoms with Crippen LogP contribution in [0.4, 0.5) is 5.69 Å². The van der Waals surface area contributed by atoms with Gasteiger partial charge in [0.05, 0.1) is 5.56 Å². The molecule has 0 fully saturated rings. The second-order valence-electron chi connectivity index (χ2n) is 5.05.